The number of amides is 1. The number of hydrogen-bond donors (Lipinski definition) is 2. The van der Waals surface area contributed by atoms with E-state index < -0.39 is 54.7 Å². The zero-order valence-corrected chi connectivity index (χ0v) is 16.1. The van der Waals surface area contributed by atoms with Crippen LogP contribution < -0.4 is 15.4 Å². The lowest BCUT2D eigenvalue weighted by Gasteiger charge is -2.27. The van der Waals surface area contributed by atoms with Crippen LogP contribution >= 0.6 is 0 Å². The third kappa shape index (κ3) is 6.55. The van der Waals surface area contributed by atoms with Crippen molar-refractivity contribution in [3.63, 3.8) is 0 Å². The topological polar surface area (TPSA) is 74.2 Å². The van der Waals surface area contributed by atoms with Gasteiger partial charge < -0.3 is 10.1 Å². The molecule has 0 saturated heterocycles. The van der Waals surface area contributed by atoms with E-state index in [1.54, 1.807) is 0 Å². The lowest BCUT2D eigenvalue weighted by molar-refractivity contribution is -0.174. The Kier molecular flexibility index (Phi) is 6.22. The summed E-state index contributed by atoms with van der Waals surface area (Å²) in [5.74, 6) is -5.22. The quantitative estimate of drug-likeness (QED) is 0.524. The van der Waals surface area contributed by atoms with Gasteiger partial charge in [0.05, 0.1) is 12.1 Å². The van der Waals surface area contributed by atoms with Crippen molar-refractivity contribution < 1.29 is 31.5 Å². The van der Waals surface area contributed by atoms with E-state index in [1.807, 2.05) is 6.07 Å². The van der Waals surface area contributed by atoms with E-state index >= 15 is 0 Å². The van der Waals surface area contributed by atoms with Crippen LogP contribution in [0.2, 0.25) is 0 Å². The molecule has 0 aromatic heterocycles. The minimum absolute atomic E-state index is 0.124. The van der Waals surface area contributed by atoms with Crippen molar-refractivity contribution in [1.29, 1.82) is 5.26 Å². The summed E-state index contributed by atoms with van der Waals surface area (Å²) in [6.07, 6.45) is -3.10. The van der Waals surface area contributed by atoms with Gasteiger partial charge in [-0.25, -0.2) is 13.2 Å². The highest BCUT2D eigenvalue weighted by atomic mass is 19.3. The Morgan fingerprint density at radius 2 is 1.87 bits per heavy atom. The molecule has 0 heterocycles. The van der Waals surface area contributed by atoms with Gasteiger partial charge in [0.15, 0.2) is 0 Å². The van der Waals surface area contributed by atoms with Crippen LogP contribution in [0.15, 0.2) is 24.3 Å². The van der Waals surface area contributed by atoms with Crippen LogP contribution in [-0.4, -0.2) is 36.1 Å². The number of carbonyl (C=O) groups excluding carboxylic acids is 1. The predicted octanol–water partition coefficient (Wildman–Crippen LogP) is 3.75. The molecule has 30 heavy (non-hydrogen) atoms. The second-order valence-corrected chi connectivity index (χ2v) is 8.02. The van der Waals surface area contributed by atoms with Gasteiger partial charge in [-0.2, -0.15) is 14.0 Å². The van der Waals surface area contributed by atoms with Gasteiger partial charge in [0.25, 0.3) is 0 Å². The number of nitriles is 1. The summed E-state index contributed by atoms with van der Waals surface area (Å²) in [6, 6.07) is 4.14. The number of nitrogens with one attached hydrogen (secondary N) is 2. The molecule has 0 spiro atoms. The molecule has 0 aliphatic heterocycles. The van der Waals surface area contributed by atoms with Crippen molar-refractivity contribution in [2.24, 2.45) is 5.92 Å². The second kappa shape index (κ2) is 8.38. The summed E-state index contributed by atoms with van der Waals surface area (Å²) in [4.78, 5) is 12.5. The highest BCUT2D eigenvalue weighted by molar-refractivity contribution is 5.83. The van der Waals surface area contributed by atoms with Crippen LogP contribution in [0.1, 0.15) is 38.5 Å². The average Bonchev–Trinajstić information content (AvgIpc) is 3.58. The average molecular weight is 431 g/mol. The summed E-state index contributed by atoms with van der Waals surface area (Å²) < 4.78 is 74.3. The van der Waals surface area contributed by atoms with E-state index in [1.165, 1.54) is 0 Å². The molecule has 0 radical (unpaired) electrons. The first-order valence-electron chi connectivity index (χ1n) is 9.68. The number of halogens is 5. The van der Waals surface area contributed by atoms with Gasteiger partial charge in [-0.15, -0.1) is 0 Å². The van der Waals surface area contributed by atoms with Crippen LogP contribution in [0.5, 0.6) is 5.75 Å². The van der Waals surface area contributed by atoms with E-state index in [-0.39, 0.29) is 11.7 Å². The molecule has 2 aliphatic carbocycles. The molecule has 2 fully saturated rings. The van der Waals surface area contributed by atoms with Gasteiger partial charge in [0.2, 0.25) is 11.8 Å². The number of rotatable bonds is 11. The number of hydrogen-bond acceptors (Lipinski definition) is 4. The molecule has 5 nitrogen and oxygen atoms in total. The molecule has 1 aromatic rings. The minimum Gasteiger partial charge on any atom is -0.432 e. The smallest absolute Gasteiger partial charge is 0.410 e. The Balaban J connectivity index is 1.63. The van der Waals surface area contributed by atoms with Crippen molar-refractivity contribution in [2.45, 2.75) is 62.1 Å². The lowest BCUT2D eigenvalue weighted by atomic mass is 10.0. The van der Waals surface area contributed by atoms with Crippen molar-refractivity contribution in [1.82, 2.24) is 10.6 Å². The van der Waals surface area contributed by atoms with E-state index in [4.69, 9.17) is 5.26 Å². The van der Waals surface area contributed by atoms with Gasteiger partial charge in [-0.3, -0.25) is 10.1 Å². The Labute approximate surface area is 170 Å². The number of alkyl halides is 4. The number of ether oxygens (including phenoxy) is 1. The van der Waals surface area contributed by atoms with Crippen LogP contribution in [0.4, 0.5) is 22.0 Å². The molecule has 10 heteroatoms. The van der Waals surface area contributed by atoms with Crippen molar-refractivity contribution >= 4 is 5.91 Å². The van der Waals surface area contributed by atoms with Gasteiger partial charge in [0.1, 0.15) is 23.7 Å². The molecular formula is C20H22F5N3O2. The minimum atomic E-state index is -3.84. The largest absolute Gasteiger partial charge is 0.432 e. The fourth-order valence-corrected chi connectivity index (χ4v) is 3.05. The highest BCUT2D eigenvalue weighted by Gasteiger charge is 2.48. The maximum absolute atomic E-state index is 14.3. The molecule has 2 saturated carbocycles. The van der Waals surface area contributed by atoms with Crippen LogP contribution in [0, 0.1) is 23.1 Å². The number of nitrogens with zero attached hydrogens (tertiary/aromatic N) is 1. The number of carbonyl (C=O) groups is 1. The molecule has 0 bridgehead atoms. The normalized spacial score (nSPS) is 18.9. The van der Waals surface area contributed by atoms with Gasteiger partial charge in [-0.05, 0) is 55.9 Å². The lowest BCUT2D eigenvalue weighted by Crippen LogP contribution is -2.53. The Bertz CT molecular complexity index is 802. The van der Waals surface area contributed by atoms with E-state index in [0.29, 0.717) is 25.7 Å². The van der Waals surface area contributed by atoms with Crippen LogP contribution in [0.3, 0.4) is 0 Å². The summed E-state index contributed by atoms with van der Waals surface area (Å²) in [6.45, 7) is -1.22. The Hall–Kier alpha value is -2.41. The van der Waals surface area contributed by atoms with E-state index in [0.717, 1.165) is 24.3 Å². The van der Waals surface area contributed by atoms with Crippen LogP contribution in [-0.2, 0) is 4.79 Å². The molecule has 0 unspecified atom stereocenters. The molecular weight excluding hydrogens is 409 g/mol. The molecule has 164 valence electrons. The first kappa shape index (κ1) is 22.3. The van der Waals surface area contributed by atoms with Crippen molar-refractivity contribution in [3.8, 4) is 11.8 Å². The zero-order chi connectivity index (χ0) is 22.0. The molecule has 1 atom stereocenters. The molecule has 1 aromatic carbocycles. The molecule has 3 rings (SSSR count). The van der Waals surface area contributed by atoms with E-state index in [2.05, 4.69) is 15.4 Å². The molecule has 2 aliphatic rings. The second-order valence-electron chi connectivity index (χ2n) is 8.02. The van der Waals surface area contributed by atoms with Gasteiger partial charge >= 0.3 is 6.11 Å². The Morgan fingerprint density at radius 1 is 1.23 bits per heavy atom. The third-order valence-corrected chi connectivity index (χ3v) is 5.07. The number of benzene rings is 1. The molecule has 2 N–H and O–H groups in total. The predicted molar refractivity (Wildman–Crippen MR) is 96.4 cm³/mol. The zero-order valence-electron chi connectivity index (χ0n) is 16.1. The maximum atomic E-state index is 14.3. The summed E-state index contributed by atoms with van der Waals surface area (Å²) in [5, 5.41) is 13.6. The van der Waals surface area contributed by atoms with Crippen molar-refractivity contribution in [3.05, 3.63) is 30.1 Å². The monoisotopic (exact) mass is 431 g/mol. The summed E-state index contributed by atoms with van der Waals surface area (Å²) in [7, 11) is 0. The van der Waals surface area contributed by atoms with Gasteiger partial charge in [0, 0.05) is 12.8 Å². The van der Waals surface area contributed by atoms with Crippen molar-refractivity contribution in [2.75, 3.05) is 6.54 Å². The maximum Gasteiger partial charge on any atom is 0.410 e. The van der Waals surface area contributed by atoms with Gasteiger partial charge in [-0.1, -0.05) is 0 Å². The standard InChI is InChI=1S/C20H22F5N3O2/c21-14-3-5-15(6-4-14)30-20(24,25)12-27-16(10-19(22,23)9-13-1-2-13)17(29)28-18(11-26)7-8-18/h3-6,13,16,27H,1-2,7-10,12H2,(H,28,29)/t16-/m0/s1. The fourth-order valence-electron chi connectivity index (χ4n) is 3.05. The first-order chi connectivity index (χ1) is 14.0. The summed E-state index contributed by atoms with van der Waals surface area (Å²) >= 11 is 0. The van der Waals surface area contributed by atoms with E-state index in [9.17, 15) is 26.7 Å². The first-order valence-corrected chi connectivity index (χ1v) is 9.68. The fraction of sp³-hybridized carbons (Fsp3) is 0.600. The molecule has 1 amide bonds. The highest BCUT2D eigenvalue weighted by Crippen LogP contribution is 2.41. The SMILES string of the molecule is N#CC1(NC(=O)[C@H](CC(F)(F)CC2CC2)NCC(F)(F)Oc2ccc(F)cc2)CC1. The third-order valence-electron chi connectivity index (χ3n) is 5.07. The summed E-state index contributed by atoms with van der Waals surface area (Å²) in [5.41, 5.74) is -1.12. The Morgan fingerprint density at radius 3 is 2.40 bits per heavy atom. The van der Waals surface area contributed by atoms with Crippen LogP contribution in [0.25, 0.3) is 0 Å².